The number of phenols is 1. The second kappa shape index (κ2) is 4.29. The number of H-pyrrole nitrogens is 1. The number of aromatic carboxylic acids is 1. The molecule has 0 fully saturated rings. The fourth-order valence-corrected chi connectivity index (χ4v) is 1.66. The molecule has 0 saturated heterocycles. The summed E-state index contributed by atoms with van der Waals surface area (Å²) >= 11 is 0. The average Bonchev–Trinajstić information content (AvgIpc) is 2.73. The number of carboxylic acids is 1. The minimum Gasteiger partial charge on any atom is -0.507 e. The van der Waals surface area contributed by atoms with Crippen LogP contribution in [0.25, 0.3) is 11.3 Å². The summed E-state index contributed by atoms with van der Waals surface area (Å²) in [5.74, 6) is -1.13. The van der Waals surface area contributed by atoms with E-state index in [4.69, 9.17) is 5.11 Å². The zero-order valence-electron chi connectivity index (χ0n) is 9.27. The Kier molecular flexibility index (Phi) is 2.82. The number of rotatable bonds is 3. The molecule has 0 aliphatic heterocycles. The van der Waals surface area contributed by atoms with Crippen LogP contribution in [0.3, 0.4) is 0 Å². The van der Waals surface area contributed by atoms with Crippen LogP contribution in [0.1, 0.15) is 23.2 Å². The third-order valence-corrected chi connectivity index (χ3v) is 2.49. The molecule has 0 bridgehead atoms. The molecule has 5 heteroatoms. The molecule has 1 aromatic heterocycles. The van der Waals surface area contributed by atoms with E-state index in [9.17, 15) is 9.90 Å². The van der Waals surface area contributed by atoms with E-state index in [1.807, 2.05) is 6.92 Å². The Balaban J connectivity index is 2.59. The Bertz CT molecular complexity index is 561. The Labute approximate surface area is 97.8 Å². The quantitative estimate of drug-likeness (QED) is 0.755. The van der Waals surface area contributed by atoms with Crippen molar-refractivity contribution in [1.82, 2.24) is 9.97 Å². The van der Waals surface area contributed by atoms with Crippen molar-refractivity contribution in [3.63, 3.8) is 0 Å². The number of aromatic nitrogens is 2. The van der Waals surface area contributed by atoms with Gasteiger partial charge >= 0.3 is 5.97 Å². The number of aromatic hydroxyl groups is 1. The SMILES string of the molecule is CCc1[nH]c(C(=O)O)nc1-c1ccccc1O. The van der Waals surface area contributed by atoms with Crippen molar-refractivity contribution >= 4 is 5.97 Å². The van der Waals surface area contributed by atoms with Crippen LogP contribution in [-0.4, -0.2) is 26.2 Å². The highest BCUT2D eigenvalue weighted by atomic mass is 16.4. The summed E-state index contributed by atoms with van der Waals surface area (Å²) in [6.07, 6.45) is 0.615. The van der Waals surface area contributed by atoms with Crippen LogP contribution in [0.5, 0.6) is 5.75 Å². The predicted molar refractivity (Wildman–Crippen MR) is 62.0 cm³/mol. The first-order valence-corrected chi connectivity index (χ1v) is 5.24. The Morgan fingerprint density at radius 3 is 2.71 bits per heavy atom. The number of phenolic OH excluding ortho intramolecular Hbond substituents is 1. The van der Waals surface area contributed by atoms with E-state index in [0.717, 1.165) is 0 Å². The molecule has 17 heavy (non-hydrogen) atoms. The van der Waals surface area contributed by atoms with Gasteiger partial charge in [0.15, 0.2) is 0 Å². The summed E-state index contributed by atoms with van der Waals surface area (Å²) in [7, 11) is 0. The number of carbonyl (C=O) groups is 1. The van der Waals surface area contributed by atoms with E-state index in [1.165, 1.54) is 0 Å². The highest BCUT2D eigenvalue weighted by Crippen LogP contribution is 2.29. The van der Waals surface area contributed by atoms with E-state index < -0.39 is 5.97 Å². The summed E-state index contributed by atoms with van der Waals surface area (Å²) in [5, 5.41) is 18.6. The van der Waals surface area contributed by atoms with Gasteiger partial charge in [-0.2, -0.15) is 0 Å². The molecule has 0 radical (unpaired) electrons. The first kappa shape index (κ1) is 11.2. The van der Waals surface area contributed by atoms with Crippen molar-refractivity contribution in [3.05, 3.63) is 35.8 Å². The molecule has 0 spiro atoms. The molecule has 0 amide bonds. The second-order valence-electron chi connectivity index (χ2n) is 3.59. The van der Waals surface area contributed by atoms with Crippen molar-refractivity contribution in [3.8, 4) is 17.0 Å². The van der Waals surface area contributed by atoms with Crippen LogP contribution in [0.2, 0.25) is 0 Å². The van der Waals surface area contributed by atoms with Gasteiger partial charge in [0.05, 0.1) is 5.69 Å². The lowest BCUT2D eigenvalue weighted by Gasteiger charge is -2.02. The van der Waals surface area contributed by atoms with Crippen LogP contribution >= 0.6 is 0 Å². The standard InChI is InChI=1S/C12H12N2O3/c1-2-8-10(14-11(13-8)12(16)17)7-5-3-4-6-9(7)15/h3-6,15H,2H2,1H3,(H,13,14)(H,16,17). The van der Waals surface area contributed by atoms with Crippen molar-refractivity contribution in [1.29, 1.82) is 0 Å². The van der Waals surface area contributed by atoms with E-state index in [1.54, 1.807) is 24.3 Å². The number of carboxylic acid groups (broad SMARTS) is 1. The third kappa shape index (κ3) is 1.99. The van der Waals surface area contributed by atoms with Gasteiger partial charge in [-0.05, 0) is 18.6 Å². The van der Waals surface area contributed by atoms with Crippen molar-refractivity contribution in [2.45, 2.75) is 13.3 Å². The van der Waals surface area contributed by atoms with Gasteiger partial charge in [-0.25, -0.2) is 9.78 Å². The monoisotopic (exact) mass is 232 g/mol. The third-order valence-electron chi connectivity index (χ3n) is 2.49. The lowest BCUT2D eigenvalue weighted by atomic mass is 10.1. The minimum absolute atomic E-state index is 0.0886. The van der Waals surface area contributed by atoms with E-state index >= 15 is 0 Å². The van der Waals surface area contributed by atoms with Gasteiger partial charge in [0.1, 0.15) is 5.75 Å². The summed E-state index contributed by atoms with van der Waals surface area (Å²) in [6.45, 7) is 1.89. The highest BCUT2D eigenvalue weighted by Gasteiger charge is 2.16. The molecule has 2 aromatic rings. The van der Waals surface area contributed by atoms with Crippen molar-refractivity contribution in [2.75, 3.05) is 0 Å². The van der Waals surface area contributed by atoms with Crippen LogP contribution in [0.15, 0.2) is 24.3 Å². The van der Waals surface area contributed by atoms with Gasteiger partial charge in [0, 0.05) is 11.3 Å². The average molecular weight is 232 g/mol. The molecule has 2 rings (SSSR count). The number of benzene rings is 1. The number of aromatic amines is 1. The Morgan fingerprint density at radius 1 is 1.41 bits per heavy atom. The zero-order valence-corrected chi connectivity index (χ0v) is 9.27. The molecular formula is C12H12N2O3. The summed E-state index contributed by atoms with van der Waals surface area (Å²) in [4.78, 5) is 17.6. The fourth-order valence-electron chi connectivity index (χ4n) is 1.66. The first-order chi connectivity index (χ1) is 8.13. The topological polar surface area (TPSA) is 86.2 Å². The largest absolute Gasteiger partial charge is 0.507 e. The molecule has 3 N–H and O–H groups in total. The van der Waals surface area contributed by atoms with E-state index in [0.29, 0.717) is 23.4 Å². The first-order valence-electron chi connectivity index (χ1n) is 5.24. The molecule has 0 aliphatic rings. The summed E-state index contributed by atoms with van der Waals surface area (Å²) in [6, 6.07) is 6.72. The maximum absolute atomic E-state index is 10.8. The summed E-state index contributed by atoms with van der Waals surface area (Å²) < 4.78 is 0. The normalized spacial score (nSPS) is 10.4. The Hall–Kier alpha value is -2.30. The molecule has 0 aliphatic carbocycles. The van der Waals surface area contributed by atoms with E-state index in [2.05, 4.69) is 9.97 Å². The molecule has 0 unspecified atom stereocenters. The van der Waals surface area contributed by atoms with Gasteiger partial charge < -0.3 is 15.2 Å². The molecule has 5 nitrogen and oxygen atoms in total. The highest BCUT2D eigenvalue weighted by molar-refractivity contribution is 5.85. The number of para-hydroxylation sites is 1. The van der Waals surface area contributed by atoms with Gasteiger partial charge in [0.2, 0.25) is 5.82 Å². The van der Waals surface area contributed by atoms with Crippen LogP contribution < -0.4 is 0 Å². The molecule has 1 heterocycles. The van der Waals surface area contributed by atoms with Crippen LogP contribution in [0, 0.1) is 0 Å². The van der Waals surface area contributed by atoms with Gasteiger partial charge in [-0.1, -0.05) is 19.1 Å². The number of hydrogen-bond acceptors (Lipinski definition) is 3. The van der Waals surface area contributed by atoms with Crippen LogP contribution in [0.4, 0.5) is 0 Å². The maximum Gasteiger partial charge on any atom is 0.371 e. The number of aryl methyl sites for hydroxylation is 1. The molecule has 0 saturated carbocycles. The number of hydrogen-bond donors (Lipinski definition) is 3. The lowest BCUT2D eigenvalue weighted by Crippen LogP contribution is -1.98. The molecular weight excluding hydrogens is 220 g/mol. The molecule has 1 aromatic carbocycles. The zero-order chi connectivity index (χ0) is 12.4. The number of nitrogens with one attached hydrogen (secondary N) is 1. The number of nitrogens with zero attached hydrogens (tertiary/aromatic N) is 1. The molecule has 88 valence electrons. The number of imidazole rings is 1. The van der Waals surface area contributed by atoms with Gasteiger partial charge in [-0.15, -0.1) is 0 Å². The van der Waals surface area contributed by atoms with Gasteiger partial charge in [-0.3, -0.25) is 0 Å². The minimum atomic E-state index is -1.11. The van der Waals surface area contributed by atoms with Crippen molar-refractivity contribution < 1.29 is 15.0 Å². The van der Waals surface area contributed by atoms with Crippen LogP contribution in [-0.2, 0) is 6.42 Å². The fraction of sp³-hybridized carbons (Fsp3) is 0.167. The Morgan fingerprint density at radius 2 is 2.12 bits per heavy atom. The lowest BCUT2D eigenvalue weighted by molar-refractivity contribution is 0.0684. The summed E-state index contributed by atoms with van der Waals surface area (Å²) in [5.41, 5.74) is 1.72. The smallest absolute Gasteiger partial charge is 0.371 e. The van der Waals surface area contributed by atoms with E-state index in [-0.39, 0.29) is 11.6 Å². The maximum atomic E-state index is 10.8. The van der Waals surface area contributed by atoms with Crippen molar-refractivity contribution in [2.24, 2.45) is 0 Å². The predicted octanol–water partition coefficient (Wildman–Crippen LogP) is 2.04. The molecule has 0 atom stereocenters. The van der Waals surface area contributed by atoms with Gasteiger partial charge in [0.25, 0.3) is 0 Å². The second-order valence-corrected chi connectivity index (χ2v) is 3.59.